The molecule has 4 aromatic heterocycles. The van der Waals surface area contributed by atoms with E-state index in [9.17, 15) is 0 Å². The third kappa shape index (κ3) is 2.61. The van der Waals surface area contributed by atoms with Gasteiger partial charge in [-0.05, 0) is 17.4 Å². The van der Waals surface area contributed by atoms with Crippen LogP contribution in [0, 0.1) is 6.92 Å². The fourth-order valence-electron chi connectivity index (χ4n) is 2.60. The number of tetrazole rings is 1. The van der Waals surface area contributed by atoms with E-state index in [4.69, 9.17) is 9.97 Å². The zero-order valence-electron chi connectivity index (χ0n) is 15.3. The lowest BCUT2D eigenvalue weighted by molar-refractivity contribution is 0.544. The normalized spacial score (nSPS) is 12.2. The van der Waals surface area contributed by atoms with Crippen LogP contribution in [0.25, 0.3) is 22.4 Å². The number of aryl methyl sites for hydroxylation is 2. The molecule has 0 saturated heterocycles. The highest BCUT2D eigenvalue weighted by atomic mass is 15.5. The second-order valence-corrected chi connectivity index (χ2v) is 7.17. The van der Waals surface area contributed by atoms with Crippen molar-refractivity contribution in [1.29, 1.82) is 0 Å². The van der Waals surface area contributed by atoms with Crippen LogP contribution >= 0.6 is 0 Å². The van der Waals surface area contributed by atoms with Gasteiger partial charge in [-0.2, -0.15) is 5.10 Å². The summed E-state index contributed by atoms with van der Waals surface area (Å²) in [5.41, 5.74) is 3.48. The van der Waals surface area contributed by atoms with Crippen molar-refractivity contribution in [1.82, 2.24) is 55.4 Å². The van der Waals surface area contributed by atoms with E-state index in [0.717, 1.165) is 11.3 Å². The van der Waals surface area contributed by atoms with Crippen molar-refractivity contribution in [3.05, 3.63) is 23.5 Å². The summed E-state index contributed by atoms with van der Waals surface area (Å²) < 4.78 is 3.29. The first-order valence-electron chi connectivity index (χ1n) is 8.18. The number of H-pyrrole nitrogens is 1. The van der Waals surface area contributed by atoms with E-state index in [2.05, 4.69) is 56.8 Å². The lowest BCUT2D eigenvalue weighted by Crippen LogP contribution is -2.18. The van der Waals surface area contributed by atoms with E-state index >= 15 is 0 Å². The number of aromatic nitrogens is 11. The molecule has 0 aliphatic rings. The van der Waals surface area contributed by atoms with Gasteiger partial charge in [-0.15, -0.1) is 10.2 Å². The molecule has 0 radical (unpaired) electrons. The predicted molar refractivity (Wildman–Crippen MR) is 92.0 cm³/mol. The lowest BCUT2D eigenvalue weighted by atomic mass is 9.95. The standard InChI is InChI=1S/C15H19N11/c1-8-9(6-16-19-8)11-12-13(18-14(17-11)15(2,3)4)26(23-21-12)7-10-20-22-24-25(10)5/h6H,7H2,1-5H3,(H,16,19). The molecule has 1 N–H and O–H groups in total. The minimum absolute atomic E-state index is 0.234. The Hall–Kier alpha value is -3.24. The molecule has 26 heavy (non-hydrogen) atoms. The summed E-state index contributed by atoms with van der Waals surface area (Å²) in [6, 6.07) is 0. The molecule has 0 aliphatic carbocycles. The molecular weight excluding hydrogens is 334 g/mol. The molecule has 134 valence electrons. The van der Waals surface area contributed by atoms with Gasteiger partial charge < -0.3 is 0 Å². The van der Waals surface area contributed by atoms with Gasteiger partial charge in [-0.25, -0.2) is 19.3 Å². The van der Waals surface area contributed by atoms with Crippen LogP contribution in [0.5, 0.6) is 0 Å². The van der Waals surface area contributed by atoms with Gasteiger partial charge in [0, 0.05) is 24.2 Å². The second kappa shape index (κ2) is 5.64. The fourth-order valence-corrected chi connectivity index (χ4v) is 2.60. The van der Waals surface area contributed by atoms with Crippen LogP contribution in [-0.4, -0.2) is 55.4 Å². The van der Waals surface area contributed by atoms with Crippen molar-refractivity contribution in [3.63, 3.8) is 0 Å². The second-order valence-electron chi connectivity index (χ2n) is 7.17. The van der Waals surface area contributed by atoms with Crippen LogP contribution in [0.1, 0.15) is 38.1 Å². The van der Waals surface area contributed by atoms with Crippen molar-refractivity contribution < 1.29 is 0 Å². The van der Waals surface area contributed by atoms with Crippen molar-refractivity contribution in [2.45, 2.75) is 39.7 Å². The summed E-state index contributed by atoms with van der Waals surface area (Å²) in [6.07, 6.45) is 1.81. The lowest BCUT2D eigenvalue weighted by Gasteiger charge is -2.17. The van der Waals surface area contributed by atoms with Gasteiger partial charge in [-0.1, -0.05) is 26.0 Å². The van der Waals surface area contributed by atoms with Crippen LogP contribution < -0.4 is 0 Å². The minimum Gasteiger partial charge on any atom is -0.285 e. The average molecular weight is 353 g/mol. The Morgan fingerprint density at radius 3 is 2.54 bits per heavy atom. The molecule has 4 aromatic rings. The van der Waals surface area contributed by atoms with Gasteiger partial charge in [0.1, 0.15) is 18.1 Å². The molecule has 0 amide bonds. The predicted octanol–water partition coefficient (Wildman–Crippen LogP) is 0.789. The van der Waals surface area contributed by atoms with Crippen molar-refractivity contribution in [2.75, 3.05) is 0 Å². The Kier molecular flexibility index (Phi) is 3.53. The molecule has 0 saturated carbocycles. The van der Waals surface area contributed by atoms with Gasteiger partial charge >= 0.3 is 0 Å². The first-order chi connectivity index (χ1) is 12.3. The Bertz CT molecular complexity index is 1080. The molecule has 11 heteroatoms. The van der Waals surface area contributed by atoms with Crippen LogP contribution in [0.2, 0.25) is 0 Å². The highest BCUT2D eigenvalue weighted by molar-refractivity contribution is 5.87. The Balaban J connectivity index is 1.94. The highest BCUT2D eigenvalue weighted by Crippen LogP contribution is 2.29. The molecule has 0 aliphatic heterocycles. The Labute approximate surface area is 148 Å². The maximum Gasteiger partial charge on any atom is 0.183 e. The summed E-state index contributed by atoms with van der Waals surface area (Å²) in [5.74, 6) is 1.37. The van der Waals surface area contributed by atoms with E-state index in [0.29, 0.717) is 35.1 Å². The first-order valence-corrected chi connectivity index (χ1v) is 8.18. The maximum atomic E-state index is 4.77. The van der Waals surface area contributed by atoms with Crippen LogP contribution in [-0.2, 0) is 19.0 Å². The topological polar surface area (TPSA) is 129 Å². The van der Waals surface area contributed by atoms with E-state index in [1.165, 1.54) is 0 Å². The minimum atomic E-state index is -0.234. The van der Waals surface area contributed by atoms with Gasteiger partial charge in [0.2, 0.25) is 0 Å². The van der Waals surface area contributed by atoms with Gasteiger partial charge in [0.05, 0.1) is 5.69 Å². The van der Waals surface area contributed by atoms with E-state index in [1.54, 1.807) is 16.4 Å². The molecule has 0 fully saturated rings. The Morgan fingerprint density at radius 2 is 1.92 bits per heavy atom. The summed E-state index contributed by atoms with van der Waals surface area (Å²) in [7, 11) is 1.78. The molecule has 11 nitrogen and oxygen atoms in total. The molecule has 0 unspecified atom stereocenters. The van der Waals surface area contributed by atoms with Gasteiger partial charge in [0.15, 0.2) is 17.0 Å². The number of hydrogen-bond acceptors (Lipinski definition) is 8. The molecule has 0 bridgehead atoms. The third-order valence-electron chi connectivity index (χ3n) is 4.12. The summed E-state index contributed by atoms with van der Waals surface area (Å²) >= 11 is 0. The highest BCUT2D eigenvalue weighted by Gasteiger charge is 2.24. The third-order valence-corrected chi connectivity index (χ3v) is 4.12. The van der Waals surface area contributed by atoms with Gasteiger partial charge in [0.25, 0.3) is 0 Å². The van der Waals surface area contributed by atoms with Crippen molar-refractivity contribution in [3.8, 4) is 11.3 Å². The van der Waals surface area contributed by atoms with Crippen LogP contribution in [0.3, 0.4) is 0 Å². The first kappa shape index (κ1) is 16.2. The fraction of sp³-hybridized carbons (Fsp3) is 0.467. The zero-order chi connectivity index (χ0) is 18.5. The number of nitrogens with zero attached hydrogens (tertiary/aromatic N) is 10. The SMILES string of the molecule is Cc1n[nH]cc1-c1nc(C(C)(C)C)nc2c1nnn2Cc1nnnn1C. The number of fused-ring (bicyclic) bond motifs is 1. The smallest absolute Gasteiger partial charge is 0.183 e. The largest absolute Gasteiger partial charge is 0.285 e. The van der Waals surface area contributed by atoms with E-state index in [-0.39, 0.29) is 5.41 Å². The number of aromatic amines is 1. The molecule has 0 aromatic carbocycles. The number of nitrogens with one attached hydrogen (secondary N) is 1. The molecule has 0 atom stereocenters. The van der Waals surface area contributed by atoms with Crippen molar-refractivity contribution >= 4 is 11.2 Å². The van der Waals surface area contributed by atoms with E-state index < -0.39 is 0 Å². The summed E-state index contributed by atoms with van der Waals surface area (Å²) in [5, 5.41) is 27.2. The molecular formula is C15H19N11. The average Bonchev–Trinajstić information content (AvgIpc) is 3.28. The van der Waals surface area contributed by atoms with E-state index in [1.807, 2.05) is 13.1 Å². The van der Waals surface area contributed by atoms with Crippen molar-refractivity contribution in [2.24, 2.45) is 7.05 Å². The quantitative estimate of drug-likeness (QED) is 0.572. The summed E-state index contributed by atoms with van der Waals surface area (Å²) in [4.78, 5) is 9.51. The molecule has 4 rings (SSSR count). The summed E-state index contributed by atoms with van der Waals surface area (Å²) in [6.45, 7) is 8.50. The van der Waals surface area contributed by atoms with Gasteiger partial charge in [-0.3, -0.25) is 5.10 Å². The monoisotopic (exact) mass is 353 g/mol. The maximum absolute atomic E-state index is 4.77. The van der Waals surface area contributed by atoms with Crippen LogP contribution in [0.15, 0.2) is 6.20 Å². The Morgan fingerprint density at radius 1 is 1.12 bits per heavy atom. The zero-order valence-corrected chi connectivity index (χ0v) is 15.3. The molecule has 0 spiro atoms. The number of rotatable bonds is 3. The molecule has 4 heterocycles. The van der Waals surface area contributed by atoms with Crippen LogP contribution in [0.4, 0.5) is 0 Å². The number of hydrogen-bond donors (Lipinski definition) is 1.